The summed E-state index contributed by atoms with van der Waals surface area (Å²) in [6, 6.07) is 0. The molecule has 0 aromatic heterocycles. The lowest BCUT2D eigenvalue weighted by molar-refractivity contribution is 0.0756. The maximum atomic E-state index is 6.30. The number of hydrogen-bond donors (Lipinski definition) is 1. The molecule has 1 saturated carbocycles. The SMILES string of the molecule is CC1(C)CCCN(C2(CN)CCCC(C)(C)CC2)CC1. The van der Waals surface area contributed by atoms with Gasteiger partial charge in [-0.1, -0.05) is 34.1 Å². The van der Waals surface area contributed by atoms with E-state index >= 15 is 0 Å². The van der Waals surface area contributed by atoms with Gasteiger partial charge in [0.15, 0.2) is 0 Å². The summed E-state index contributed by atoms with van der Waals surface area (Å²) < 4.78 is 0. The first-order chi connectivity index (χ1) is 9.29. The number of rotatable bonds is 2. The van der Waals surface area contributed by atoms with E-state index in [0.717, 1.165) is 6.54 Å². The van der Waals surface area contributed by atoms with E-state index in [2.05, 4.69) is 32.6 Å². The topological polar surface area (TPSA) is 29.3 Å². The van der Waals surface area contributed by atoms with Crippen LogP contribution in [0.1, 0.15) is 79.1 Å². The first-order valence-corrected chi connectivity index (χ1v) is 8.74. The van der Waals surface area contributed by atoms with Crippen LogP contribution in [-0.4, -0.2) is 30.1 Å². The lowest BCUT2D eigenvalue weighted by Crippen LogP contribution is -2.54. The second kappa shape index (κ2) is 5.96. The highest BCUT2D eigenvalue weighted by atomic mass is 15.2. The quantitative estimate of drug-likeness (QED) is 0.769. The molecule has 1 aliphatic carbocycles. The van der Waals surface area contributed by atoms with Crippen LogP contribution in [0.2, 0.25) is 0 Å². The minimum atomic E-state index is 0.300. The molecule has 0 aromatic carbocycles. The van der Waals surface area contributed by atoms with Crippen LogP contribution in [0.3, 0.4) is 0 Å². The molecule has 2 rings (SSSR count). The number of hydrogen-bond acceptors (Lipinski definition) is 2. The summed E-state index contributed by atoms with van der Waals surface area (Å²) in [5, 5.41) is 0. The van der Waals surface area contributed by atoms with Crippen LogP contribution in [0.25, 0.3) is 0 Å². The van der Waals surface area contributed by atoms with E-state index in [9.17, 15) is 0 Å². The summed E-state index contributed by atoms with van der Waals surface area (Å²) in [5.41, 5.74) is 7.64. The maximum Gasteiger partial charge on any atom is 0.0331 e. The van der Waals surface area contributed by atoms with Gasteiger partial charge in [0.1, 0.15) is 0 Å². The summed E-state index contributed by atoms with van der Waals surface area (Å²) in [7, 11) is 0. The van der Waals surface area contributed by atoms with Gasteiger partial charge in [-0.05, 0) is 68.9 Å². The smallest absolute Gasteiger partial charge is 0.0331 e. The molecular formula is C18H36N2. The summed E-state index contributed by atoms with van der Waals surface area (Å²) in [6.45, 7) is 13.1. The van der Waals surface area contributed by atoms with E-state index in [0.29, 0.717) is 16.4 Å². The summed E-state index contributed by atoms with van der Waals surface area (Å²) in [5.74, 6) is 0. The van der Waals surface area contributed by atoms with Crippen molar-refractivity contribution in [1.29, 1.82) is 0 Å². The Bertz CT molecular complexity index is 321. The molecule has 118 valence electrons. The van der Waals surface area contributed by atoms with Crippen LogP contribution in [0.15, 0.2) is 0 Å². The Balaban J connectivity index is 2.10. The zero-order chi connectivity index (χ0) is 14.9. The molecule has 1 aliphatic heterocycles. The fraction of sp³-hybridized carbons (Fsp3) is 1.00. The van der Waals surface area contributed by atoms with Crippen LogP contribution in [0.4, 0.5) is 0 Å². The second-order valence-electron chi connectivity index (χ2n) is 8.95. The first kappa shape index (κ1) is 16.3. The molecule has 2 aliphatic rings. The van der Waals surface area contributed by atoms with Crippen molar-refractivity contribution in [2.24, 2.45) is 16.6 Å². The molecule has 1 saturated heterocycles. The Morgan fingerprint density at radius 3 is 2.10 bits per heavy atom. The molecule has 2 fully saturated rings. The highest BCUT2D eigenvalue weighted by Gasteiger charge is 2.40. The van der Waals surface area contributed by atoms with Crippen LogP contribution in [-0.2, 0) is 0 Å². The molecule has 1 heterocycles. The molecule has 2 N–H and O–H groups in total. The molecule has 2 nitrogen and oxygen atoms in total. The van der Waals surface area contributed by atoms with Crippen LogP contribution in [0.5, 0.6) is 0 Å². The molecule has 0 radical (unpaired) electrons. The Labute approximate surface area is 126 Å². The highest BCUT2D eigenvalue weighted by molar-refractivity contribution is 4.97. The monoisotopic (exact) mass is 280 g/mol. The van der Waals surface area contributed by atoms with Gasteiger partial charge in [-0.15, -0.1) is 0 Å². The molecule has 0 aromatic rings. The highest BCUT2D eigenvalue weighted by Crippen LogP contribution is 2.42. The van der Waals surface area contributed by atoms with Crippen molar-refractivity contribution in [3.8, 4) is 0 Å². The molecule has 0 amide bonds. The van der Waals surface area contributed by atoms with Gasteiger partial charge in [0, 0.05) is 12.1 Å². The lowest BCUT2D eigenvalue weighted by atomic mass is 9.82. The molecule has 1 unspecified atom stereocenters. The van der Waals surface area contributed by atoms with Gasteiger partial charge >= 0.3 is 0 Å². The van der Waals surface area contributed by atoms with E-state index in [1.165, 1.54) is 64.5 Å². The summed E-state index contributed by atoms with van der Waals surface area (Å²) in [6.07, 6.45) is 10.7. The van der Waals surface area contributed by atoms with Crippen molar-refractivity contribution < 1.29 is 0 Å². The third-order valence-electron chi connectivity index (χ3n) is 6.15. The summed E-state index contributed by atoms with van der Waals surface area (Å²) in [4.78, 5) is 2.78. The van der Waals surface area contributed by atoms with Gasteiger partial charge in [0.2, 0.25) is 0 Å². The van der Waals surface area contributed by atoms with Gasteiger partial charge in [-0.3, -0.25) is 4.90 Å². The normalized spacial score (nSPS) is 35.2. The van der Waals surface area contributed by atoms with E-state index in [1.54, 1.807) is 0 Å². The molecule has 0 bridgehead atoms. The number of likely N-dealkylation sites (tertiary alicyclic amines) is 1. The fourth-order valence-electron chi connectivity index (χ4n) is 4.26. The van der Waals surface area contributed by atoms with Crippen molar-refractivity contribution in [2.45, 2.75) is 84.6 Å². The third-order valence-corrected chi connectivity index (χ3v) is 6.15. The van der Waals surface area contributed by atoms with Crippen molar-refractivity contribution >= 4 is 0 Å². The second-order valence-corrected chi connectivity index (χ2v) is 8.95. The van der Waals surface area contributed by atoms with Crippen molar-refractivity contribution in [1.82, 2.24) is 4.90 Å². The van der Waals surface area contributed by atoms with Crippen molar-refractivity contribution in [2.75, 3.05) is 19.6 Å². The molecule has 20 heavy (non-hydrogen) atoms. The summed E-state index contributed by atoms with van der Waals surface area (Å²) >= 11 is 0. The molecule has 1 atom stereocenters. The minimum absolute atomic E-state index is 0.300. The van der Waals surface area contributed by atoms with Crippen LogP contribution in [0, 0.1) is 10.8 Å². The van der Waals surface area contributed by atoms with Crippen LogP contribution < -0.4 is 5.73 Å². The average Bonchev–Trinajstić information content (AvgIpc) is 2.64. The van der Waals surface area contributed by atoms with Crippen molar-refractivity contribution in [3.63, 3.8) is 0 Å². The third kappa shape index (κ3) is 3.76. The van der Waals surface area contributed by atoms with E-state index in [-0.39, 0.29) is 0 Å². The average molecular weight is 280 g/mol. The van der Waals surface area contributed by atoms with Gasteiger partial charge < -0.3 is 5.73 Å². The standard InChI is InChI=1S/C18H36N2/c1-16(2)7-5-9-18(15-19,11-10-16)20-13-6-8-17(3,4)12-14-20/h5-15,19H2,1-4H3. The van der Waals surface area contributed by atoms with Gasteiger partial charge in [0.05, 0.1) is 0 Å². The van der Waals surface area contributed by atoms with E-state index in [4.69, 9.17) is 5.73 Å². The minimum Gasteiger partial charge on any atom is -0.329 e. The largest absolute Gasteiger partial charge is 0.329 e. The van der Waals surface area contributed by atoms with E-state index < -0.39 is 0 Å². The van der Waals surface area contributed by atoms with Crippen molar-refractivity contribution in [3.05, 3.63) is 0 Å². The Hall–Kier alpha value is -0.0800. The van der Waals surface area contributed by atoms with Gasteiger partial charge in [-0.2, -0.15) is 0 Å². The maximum absolute atomic E-state index is 6.30. The zero-order valence-corrected chi connectivity index (χ0v) is 14.3. The number of nitrogens with zero attached hydrogens (tertiary/aromatic N) is 1. The van der Waals surface area contributed by atoms with Crippen LogP contribution >= 0.6 is 0 Å². The zero-order valence-electron chi connectivity index (χ0n) is 14.3. The lowest BCUT2D eigenvalue weighted by Gasteiger charge is -2.43. The predicted molar refractivity (Wildman–Crippen MR) is 87.9 cm³/mol. The van der Waals surface area contributed by atoms with Gasteiger partial charge in [-0.25, -0.2) is 0 Å². The molecule has 0 spiro atoms. The predicted octanol–water partition coefficient (Wildman–Crippen LogP) is 4.19. The Morgan fingerprint density at radius 1 is 0.750 bits per heavy atom. The first-order valence-electron chi connectivity index (χ1n) is 8.74. The Morgan fingerprint density at radius 2 is 1.40 bits per heavy atom. The van der Waals surface area contributed by atoms with E-state index in [1.807, 2.05) is 0 Å². The number of nitrogens with two attached hydrogens (primary N) is 1. The molecule has 2 heteroatoms. The Kier molecular flexibility index (Phi) is 4.86. The molecular weight excluding hydrogens is 244 g/mol. The fourth-order valence-corrected chi connectivity index (χ4v) is 4.26. The van der Waals surface area contributed by atoms with Gasteiger partial charge in [0.25, 0.3) is 0 Å².